The van der Waals surface area contributed by atoms with Crippen molar-refractivity contribution in [3.63, 3.8) is 0 Å². The number of carbonyl (C=O) groups is 2. The maximum Gasteiger partial charge on any atom is 0.270 e. The summed E-state index contributed by atoms with van der Waals surface area (Å²) in [4.78, 5) is 25.8. The highest BCUT2D eigenvalue weighted by Crippen LogP contribution is 2.24. The van der Waals surface area contributed by atoms with E-state index < -0.39 is 17.6 Å². The van der Waals surface area contributed by atoms with E-state index in [0.717, 1.165) is 10.5 Å². The topological polar surface area (TPSA) is 49.4 Å². The molecule has 0 radical (unpaired) electrons. The summed E-state index contributed by atoms with van der Waals surface area (Å²) in [5, 5.41) is 2.29. The summed E-state index contributed by atoms with van der Waals surface area (Å²) in [5.74, 6) is -1.85. The summed E-state index contributed by atoms with van der Waals surface area (Å²) in [6, 6.07) is 13.1. The average Bonchev–Trinajstić information content (AvgIpc) is 2.55. The van der Waals surface area contributed by atoms with Gasteiger partial charge >= 0.3 is 0 Å². The second-order valence-electron chi connectivity index (χ2n) is 5.32. The van der Waals surface area contributed by atoms with E-state index in [1.54, 1.807) is 18.2 Å². The third kappa shape index (κ3) is 2.96. The number of hydrogen-bond acceptors (Lipinski definition) is 3. The van der Waals surface area contributed by atoms with Crippen LogP contribution in [-0.4, -0.2) is 16.9 Å². The summed E-state index contributed by atoms with van der Waals surface area (Å²) < 4.78 is 14.0. The van der Waals surface area contributed by atoms with Gasteiger partial charge in [-0.1, -0.05) is 42.0 Å². The van der Waals surface area contributed by atoms with Gasteiger partial charge in [0.1, 0.15) is 11.4 Å². The van der Waals surface area contributed by atoms with E-state index in [1.807, 2.05) is 19.1 Å². The number of anilines is 1. The van der Waals surface area contributed by atoms with Gasteiger partial charge in [-0.05, 0) is 42.9 Å². The molecule has 2 amide bonds. The molecular formula is C18H13FN2O2S. The molecule has 120 valence electrons. The van der Waals surface area contributed by atoms with Crippen LogP contribution in [0.15, 0.2) is 54.1 Å². The van der Waals surface area contributed by atoms with Crippen molar-refractivity contribution in [2.75, 3.05) is 4.90 Å². The zero-order valence-corrected chi connectivity index (χ0v) is 13.6. The summed E-state index contributed by atoms with van der Waals surface area (Å²) in [7, 11) is 0. The number of nitrogens with one attached hydrogen (secondary N) is 1. The molecule has 6 heteroatoms. The molecule has 1 heterocycles. The van der Waals surface area contributed by atoms with Gasteiger partial charge in [-0.15, -0.1) is 0 Å². The molecule has 1 aliphatic rings. The van der Waals surface area contributed by atoms with Crippen molar-refractivity contribution in [2.24, 2.45) is 0 Å². The Kier molecular flexibility index (Phi) is 4.22. The fraction of sp³-hybridized carbons (Fsp3) is 0.0556. The SMILES string of the molecule is Cc1ccc(/C=C2\C(=O)NC(=S)N(c3ccccc3F)C2=O)cc1. The third-order valence-electron chi connectivity index (χ3n) is 3.58. The van der Waals surface area contributed by atoms with Crippen molar-refractivity contribution in [2.45, 2.75) is 6.92 Å². The molecule has 0 spiro atoms. The summed E-state index contributed by atoms with van der Waals surface area (Å²) in [5.41, 5.74) is 1.66. The van der Waals surface area contributed by atoms with Crippen LogP contribution in [0.4, 0.5) is 10.1 Å². The van der Waals surface area contributed by atoms with E-state index in [1.165, 1.54) is 24.3 Å². The van der Waals surface area contributed by atoms with Crippen molar-refractivity contribution in [3.8, 4) is 0 Å². The zero-order chi connectivity index (χ0) is 17.3. The number of thiocarbonyl (C=S) groups is 1. The molecule has 0 unspecified atom stereocenters. The predicted octanol–water partition coefficient (Wildman–Crippen LogP) is 2.97. The Morgan fingerprint density at radius 1 is 1.08 bits per heavy atom. The molecule has 1 N–H and O–H groups in total. The highest BCUT2D eigenvalue weighted by atomic mass is 32.1. The molecule has 1 fully saturated rings. The molecular weight excluding hydrogens is 327 g/mol. The summed E-state index contributed by atoms with van der Waals surface area (Å²) in [6.45, 7) is 1.94. The Hall–Kier alpha value is -2.86. The third-order valence-corrected chi connectivity index (χ3v) is 3.87. The van der Waals surface area contributed by atoms with E-state index in [-0.39, 0.29) is 16.4 Å². The van der Waals surface area contributed by atoms with Gasteiger partial charge in [0.05, 0.1) is 5.69 Å². The van der Waals surface area contributed by atoms with Crippen LogP contribution in [0.2, 0.25) is 0 Å². The maximum atomic E-state index is 14.0. The van der Waals surface area contributed by atoms with Crippen molar-refractivity contribution in [1.29, 1.82) is 0 Å². The van der Waals surface area contributed by atoms with E-state index in [9.17, 15) is 14.0 Å². The quantitative estimate of drug-likeness (QED) is 0.519. The molecule has 0 atom stereocenters. The molecule has 0 aromatic heterocycles. The van der Waals surface area contributed by atoms with Crippen LogP contribution >= 0.6 is 12.2 Å². The number of amides is 2. The first-order valence-electron chi connectivity index (χ1n) is 7.20. The van der Waals surface area contributed by atoms with Crippen LogP contribution < -0.4 is 10.2 Å². The fourth-order valence-corrected chi connectivity index (χ4v) is 2.61. The number of benzene rings is 2. The van der Waals surface area contributed by atoms with Gasteiger partial charge in [-0.3, -0.25) is 14.9 Å². The molecule has 2 aromatic rings. The standard InChI is InChI=1S/C18H13FN2O2S/c1-11-6-8-12(9-7-11)10-13-16(22)20-18(24)21(17(13)23)15-5-3-2-4-14(15)19/h2-10H,1H3,(H,20,22,24)/b13-10+. The van der Waals surface area contributed by atoms with E-state index in [0.29, 0.717) is 5.56 Å². The smallest absolute Gasteiger partial charge is 0.270 e. The van der Waals surface area contributed by atoms with Crippen LogP contribution in [0, 0.1) is 12.7 Å². The predicted molar refractivity (Wildman–Crippen MR) is 93.8 cm³/mol. The van der Waals surface area contributed by atoms with Gasteiger partial charge in [0.2, 0.25) is 0 Å². The first kappa shape index (κ1) is 16.0. The van der Waals surface area contributed by atoms with Gasteiger partial charge in [-0.2, -0.15) is 0 Å². The van der Waals surface area contributed by atoms with Crippen LogP contribution in [-0.2, 0) is 9.59 Å². The first-order chi connectivity index (χ1) is 11.5. The Bertz CT molecular complexity index is 875. The number of rotatable bonds is 2. The zero-order valence-electron chi connectivity index (χ0n) is 12.7. The molecule has 2 aromatic carbocycles. The molecule has 0 aliphatic carbocycles. The Labute approximate surface area is 143 Å². The van der Waals surface area contributed by atoms with Crippen LogP contribution in [0.1, 0.15) is 11.1 Å². The number of para-hydroxylation sites is 1. The van der Waals surface area contributed by atoms with Crippen LogP contribution in [0.3, 0.4) is 0 Å². The Morgan fingerprint density at radius 2 is 1.75 bits per heavy atom. The lowest BCUT2D eigenvalue weighted by molar-refractivity contribution is -0.122. The fourth-order valence-electron chi connectivity index (χ4n) is 2.34. The highest BCUT2D eigenvalue weighted by molar-refractivity contribution is 7.80. The molecule has 3 rings (SSSR count). The number of halogens is 1. The summed E-state index contributed by atoms with van der Waals surface area (Å²) in [6.07, 6.45) is 1.47. The number of hydrogen-bond donors (Lipinski definition) is 1. The highest BCUT2D eigenvalue weighted by Gasteiger charge is 2.35. The molecule has 1 saturated heterocycles. The van der Waals surface area contributed by atoms with Gasteiger partial charge < -0.3 is 0 Å². The molecule has 4 nitrogen and oxygen atoms in total. The van der Waals surface area contributed by atoms with E-state index in [2.05, 4.69) is 5.32 Å². The number of aryl methyl sites for hydroxylation is 1. The van der Waals surface area contributed by atoms with Gasteiger partial charge in [0.15, 0.2) is 5.11 Å². The van der Waals surface area contributed by atoms with Crippen LogP contribution in [0.5, 0.6) is 0 Å². The van der Waals surface area contributed by atoms with Gasteiger partial charge in [0.25, 0.3) is 11.8 Å². The minimum atomic E-state index is -0.658. The van der Waals surface area contributed by atoms with E-state index >= 15 is 0 Å². The lowest BCUT2D eigenvalue weighted by Gasteiger charge is -2.29. The lowest BCUT2D eigenvalue weighted by Crippen LogP contribution is -2.54. The molecule has 0 bridgehead atoms. The lowest BCUT2D eigenvalue weighted by atomic mass is 10.1. The van der Waals surface area contributed by atoms with Crippen molar-refractivity contribution >= 4 is 40.9 Å². The molecule has 1 aliphatic heterocycles. The van der Waals surface area contributed by atoms with Crippen molar-refractivity contribution in [1.82, 2.24) is 5.32 Å². The van der Waals surface area contributed by atoms with Gasteiger partial charge in [0, 0.05) is 0 Å². The average molecular weight is 340 g/mol. The van der Waals surface area contributed by atoms with Crippen molar-refractivity contribution in [3.05, 3.63) is 71.0 Å². The number of carbonyl (C=O) groups excluding carboxylic acids is 2. The molecule has 0 saturated carbocycles. The first-order valence-corrected chi connectivity index (χ1v) is 7.61. The summed E-state index contributed by atoms with van der Waals surface area (Å²) >= 11 is 5.04. The second kappa shape index (κ2) is 6.33. The van der Waals surface area contributed by atoms with Crippen molar-refractivity contribution < 1.29 is 14.0 Å². The largest absolute Gasteiger partial charge is 0.298 e. The normalized spacial score (nSPS) is 16.5. The Balaban J connectivity index is 2.03. The Morgan fingerprint density at radius 3 is 2.42 bits per heavy atom. The minimum Gasteiger partial charge on any atom is -0.298 e. The molecule has 24 heavy (non-hydrogen) atoms. The monoisotopic (exact) mass is 340 g/mol. The minimum absolute atomic E-state index is 0.00214. The van der Waals surface area contributed by atoms with E-state index in [4.69, 9.17) is 12.2 Å². The van der Waals surface area contributed by atoms with Gasteiger partial charge in [-0.25, -0.2) is 9.29 Å². The maximum absolute atomic E-state index is 14.0. The second-order valence-corrected chi connectivity index (χ2v) is 5.71. The number of nitrogens with zero attached hydrogens (tertiary/aromatic N) is 1. The van der Waals surface area contributed by atoms with Crippen LogP contribution in [0.25, 0.3) is 6.08 Å².